The number of rotatable bonds is 5. The Morgan fingerprint density at radius 2 is 2.08 bits per heavy atom. The van der Waals surface area contributed by atoms with Gasteiger partial charge in [0.1, 0.15) is 6.33 Å². The van der Waals surface area contributed by atoms with E-state index in [4.69, 9.17) is 0 Å². The molecular formula is C19H19N5O. The number of nitrogens with zero attached hydrogens (tertiary/aromatic N) is 4. The number of aromatic nitrogens is 4. The lowest BCUT2D eigenvalue weighted by molar-refractivity contribution is 0.102. The van der Waals surface area contributed by atoms with E-state index in [1.54, 1.807) is 23.4 Å². The molecule has 0 spiro atoms. The smallest absolute Gasteiger partial charge is 0.258 e. The average Bonchev–Trinajstić information content (AvgIpc) is 3.24. The molecule has 1 N–H and O–H groups in total. The predicted octanol–water partition coefficient (Wildman–Crippen LogP) is 3.03. The molecule has 1 aliphatic carbocycles. The highest BCUT2D eigenvalue weighted by molar-refractivity contribution is 6.04. The number of amides is 1. The van der Waals surface area contributed by atoms with Crippen LogP contribution in [0.1, 0.15) is 41.3 Å². The third-order valence-corrected chi connectivity index (χ3v) is 4.65. The number of benzene rings is 1. The normalized spacial score (nSPS) is 14.9. The van der Waals surface area contributed by atoms with Crippen LogP contribution in [0.5, 0.6) is 0 Å². The molecule has 1 fully saturated rings. The van der Waals surface area contributed by atoms with Crippen molar-refractivity contribution in [3.8, 4) is 0 Å². The Bertz CT molecular complexity index is 899. The van der Waals surface area contributed by atoms with Gasteiger partial charge in [-0.05, 0) is 41.5 Å². The molecule has 0 bridgehead atoms. The Kier molecular flexibility index (Phi) is 3.80. The largest absolute Gasteiger partial charge is 0.289 e. The summed E-state index contributed by atoms with van der Waals surface area (Å²) in [6.45, 7) is 2.76. The Labute approximate surface area is 145 Å². The van der Waals surface area contributed by atoms with Gasteiger partial charge < -0.3 is 0 Å². The van der Waals surface area contributed by atoms with Gasteiger partial charge in [0.2, 0.25) is 5.95 Å². The zero-order chi connectivity index (χ0) is 17.3. The molecule has 2 heterocycles. The predicted molar refractivity (Wildman–Crippen MR) is 94.3 cm³/mol. The molecule has 6 heteroatoms. The van der Waals surface area contributed by atoms with E-state index in [1.165, 1.54) is 0 Å². The second kappa shape index (κ2) is 6.12. The minimum absolute atomic E-state index is 0.126. The van der Waals surface area contributed by atoms with Crippen molar-refractivity contribution >= 4 is 11.9 Å². The van der Waals surface area contributed by atoms with Gasteiger partial charge in [-0.15, -0.1) is 5.10 Å². The summed E-state index contributed by atoms with van der Waals surface area (Å²) < 4.78 is 1.68. The first-order chi connectivity index (χ1) is 12.1. The van der Waals surface area contributed by atoms with Gasteiger partial charge in [0.25, 0.3) is 5.91 Å². The van der Waals surface area contributed by atoms with Crippen LogP contribution < -0.4 is 5.32 Å². The molecular weight excluding hydrogens is 314 g/mol. The number of pyridine rings is 1. The molecule has 1 aromatic carbocycles. The molecule has 0 radical (unpaired) electrons. The summed E-state index contributed by atoms with van der Waals surface area (Å²) in [6, 6.07) is 11.6. The number of hydrogen-bond acceptors (Lipinski definition) is 4. The van der Waals surface area contributed by atoms with Gasteiger partial charge in [-0.1, -0.05) is 31.2 Å². The summed E-state index contributed by atoms with van der Waals surface area (Å²) in [4.78, 5) is 20.9. The molecule has 4 rings (SSSR count). The first kappa shape index (κ1) is 15.5. The molecule has 3 aromatic rings. The fourth-order valence-corrected chi connectivity index (χ4v) is 2.94. The highest BCUT2D eigenvalue weighted by Gasteiger charge is 2.41. The fourth-order valence-electron chi connectivity index (χ4n) is 2.94. The highest BCUT2D eigenvalue weighted by Crippen LogP contribution is 2.48. The van der Waals surface area contributed by atoms with E-state index < -0.39 is 0 Å². The maximum atomic E-state index is 12.7. The van der Waals surface area contributed by atoms with Crippen LogP contribution in [0.4, 0.5) is 5.95 Å². The fraction of sp³-hybridized carbons (Fsp3) is 0.263. The summed E-state index contributed by atoms with van der Waals surface area (Å²) in [5, 5.41) is 7.13. The topological polar surface area (TPSA) is 72.7 Å². The van der Waals surface area contributed by atoms with Gasteiger partial charge in [0.05, 0.1) is 6.54 Å². The van der Waals surface area contributed by atoms with Crippen molar-refractivity contribution in [1.82, 2.24) is 19.7 Å². The SMILES string of the molecule is CC1(c2ccccc2C(=O)Nc2ncn(Cc3cccnc3)n2)CC1. The summed E-state index contributed by atoms with van der Waals surface area (Å²) in [6.07, 6.45) is 7.36. The zero-order valence-electron chi connectivity index (χ0n) is 14.0. The molecule has 126 valence electrons. The molecule has 0 unspecified atom stereocenters. The number of carbonyl (C=O) groups excluding carboxylic acids is 1. The Balaban J connectivity index is 1.49. The van der Waals surface area contributed by atoms with Crippen LogP contribution >= 0.6 is 0 Å². The number of anilines is 1. The first-order valence-corrected chi connectivity index (χ1v) is 8.33. The molecule has 1 saturated carbocycles. The van der Waals surface area contributed by atoms with Gasteiger partial charge in [0.15, 0.2) is 0 Å². The first-order valence-electron chi connectivity index (χ1n) is 8.33. The van der Waals surface area contributed by atoms with Crippen LogP contribution in [-0.4, -0.2) is 25.7 Å². The number of nitrogens with one attached hydrogen (secondary N) is 1. The molecule has 25 heavy (non-hydrogen) atoms. The minimum atomic E-state index is -0.164. The summed E-state index contributed by atoms with van der Waals surface area (Å²) in [7, 11) is 0. The van der Waals surface area contributed by atoms with Crippen molar-refractivity contribution in [3.05, 3.63) is 71.8 Å². The molecule has 6 nitrogen and oxygen atoms in total. The quantitative estimate of drug-likeness (QED) is 0.779. The van der Waals surface area contributed by atoms with E-state index >= 15 is 0 Å². The van der Waals surface area contributed by atoms with Gasteiger partial charge in [-0.2, -0.15) is 0 Å². The molecule has 1 amide bonds. The number of hydrogen-bond donors (Lipinski definition) is 1. The molecule has 1 aliphatic rings. The highest BCUT2D eigenvalue weighted by atomic mass is 16.1. The zero-order valence-corrected chi connectivity index (χ0v) is 14.0. The van der Waals surface area contributed by atoms with E-state index in [1.807, 2.05) is 36.4 Å². The monoisotopic (exact) mass is 333 g/mol. The second-order valence-corrected chi connectivity index (χ2v) is 6.69. The Morgan fingerprint density at radius 1 is 1.24 bits per heavy atom. The summed E-state index contributed by atoms with van der Waals surface area (Å²) in [5.41, 5.74) is 2.95. The molecule has 2 aromatic heterocycles. The Hall–Kier alpha value is -3.02. The van der Waals surface area contributed by atoms with Crippen molar-refractivity contribution in [1.29, 1.82) is 0 Å². The van der Waals surface area contributed by atoms with E-state index in [-0.39, 0.29) is 11.3 Å². The van der Waals surface area contributed by atoms with Crippen LogP contribution in [0.25, 0.3) is 0 Å². The van der Waals surface area contributed by atoms with Crippen LogP contribution in [0.3, 0.4) is 0 Å². The van der Waals surface area contributed by atoms with E-state index in [9.17, 15) is 4.79 Å². The minimum Gasteiger partial charge on any atom is -0.289 e. The van der Waals surface area contributed by atoms with Crippen molar-refractivity contribution in [2.24, 2.45) is 0 Å². The lowest BCUT2D eigenvalue weighted by atomic mass is 9.93. The summed E-state index contributed by atoms with van der Waals surface area (Å²) >= 11 is 0. The molecule has 0 atom stereocenters. The van der Waals surface area contributed by atoms with Crippen molar-refractivity contribution in [3.63, 3.8) is 0 Å². The maximum absolute atomic E-state index is 12.7. The van der Waals surface area contributed by atoms with E-state index in [0.29, 0.717) is 18.1 Å². The number of carbonyl (C=O) groups is 1. The maximum Gasteiger partial charge on any atom is 0.258 e. The van der Waals surface area contributed by atoms with Crippen LogP contribution in [-0.2, 0) is 12.0 Å². The van der Waals surface area contributed by atoms with Gasteiger partial charge in [-0.25, -0.2) is 9.67 Å². The van der Waals surface area contributed by atoms with Crippen molar-refractivity contribution in [2.75, 3.05) is 5.32 Å². The third kappa shape index (κ3) is 3.28. The van der Waals surface area contributed by atoms with Gasteiger partial charge >= 0.3 is 0 Å². The van der Waals surface area contributed by atoms with Crippen LogP contribution in [0, 0.1) is 0 Å². The van der Waals surface area contributed by atoms with Crippen LogP contribution in [0.15, 0.2) is 55.1 Å². The molecule has 0 saturated heterocycles. The van der Waals surface area contributed by atoms with Gasteiger partial charge in [-0.3, -0.25) is 15.1 Å². The Morgan fingerprint density at radius 3 is 2.84 bits per heavy atom. The van der Waals surface area contributed by atoms with Crippen LogP contribution in [0.2, 0.25) is 0 Å². The summed E-state index contributed by atoms with van der Waals surface area (Å²) in [5.74, 6) is 0.146. The lowest BCUT2D eigenvalue weighted by Gasteiger charge is -2.13. The van der Waals surface area contributed by atoms with E-state index in [2.05, 4.69) is 27.3 Å². The third-order valence-electron chi connectivity index (χ3n) is 4.65. The lowest BCUT2D eigenvalue weighted by Crippen LogP contribution is -2.18. The van der Waals surface area contributed by atoms with Crippen molar-refractivity contribution < 1.29 is 4.79 Å². The van der Waals surface area contributed by atoms with Gasteiger partial charge in [0, 0.05) is 18.0 Å². The average molecular weight is 333 g/mol. The molecule has 0 aliphatic heterocycles. The standard InChI is InChI=1S/C19H19N5O/c1-19(8-9-19)16-7-3-2-6-15(16)17(25)22-18-21-13-24(23-18)12-14-5-4-10-20-11-14/h2-7,10-11,13H,8-9,12H2,1H3,(H,22,23,25). The second-order valence-electron chi connectivity index (χ2n) is 6.69. The van der Waals surface area contributed by atoms with E-state index in [0.717, 1.165) is 24.0 Å². The van der Waals surface area contributed by atoms with Crippen molar-refractivity contribution in [2.45, 2.75) is 31.7 Å².